The Labute approximate surface area is 169 Å². The zero-order valence-corrected chi connectivity index (χ0v) is 17.9. The molecule has 1 aromatic heterocycles. The molecule has 0 bridgehead atoms. The Bertz CT molecular complexity index is 942. The lowest BCUT2D eigenvalue weighted by molar-refractivity contribution is 1.16. The van der Waals surface area contributed by atoms with Crippen LogP contribution in [0.2, 0.25) is 0 Å². The normalized spacial score (nSPS) is 10.9. The van der Waals surface area contributed by atoms with E-state index in [-0.39, 0.29) is 0 Å². The molecule has 0 aliphatic heterocycles. The Morgan fingerprint density at radius 3 is 2.50 bits per heavy atom. The second-order valence-electron chi connectivity index (χ2n) is 6.19. The van der Waals surface area contributed by atoms with Crippen molar-refractivity contribution in [2.45, 2.75) is 48.0 Å². The highest BCUT2D eigenvalue weighted by Gasteiger charge is 2.12. The Balaban J connectivity index is 0.000000660. The molecule has 2 aromatic carbocycles. The topological polar surface area (TPSA) is 37.8 Å². The molecule has 0 spiro atoms. The summed E-state index contributed by atoms with van der Waals surface area (Å²) in [6, 6.07) is 14.7. The zero-order chi connectivity index (χ0) is 20.5. The van der Waals surface area contributed by atoms with E-state index >= 15 is 0 Å². The molecule has 1 heterocycles. The fraction of sp³-hybridized carbons (Fsp3) is 0.280. The summed E-state index contributed by atoms with van der Waals surface area (Å²) in [6.45, 7) is 12.2. The number of nitrogens with zero attached hydrogens (tertiary/aromatic N) is 2. The molecule has 0 amide bonds. The first-order valence-electron chi connectivity index (χ1n) is 10.2. The highest BCUT2D eigenvalue weighted by Crippen LogP contribution is 2.30. The molecular weight excluding hydrogens is 342 g/mol. The molecule has 0 atom stereocenters. The number of aryl methyl sites for hydroxylation is 2. The van der Waals surface area contributed by atoms with Crippen LogP contribution in [0.3, 0.4) is 0 Å². The van der Waals surface area contributed by atoms with Crippen molar-refractivity contribution in [1.29, 1.82) is 0 Å². The number of aromatic nitrogens is 2. The molecule has 3 heteroatoms. The minimum absolute atomic E-state index is 0.626. The van der Waals surface area contributed by atoms with Gasteiger partial charge in [0.2, 0.25) is 5.95 Å². The van der Waals surface area contributed by atoms with Gasteiger partial charge in [-0.05, 0) is 54.7 Å². The second kappa shape index (κ2) is 10.4. The van der Waals surface area contributed by atoms with Gasteiger partial charge in [-0.2, -0.15) is 0 Å². The van der Waals surface area contributed by atoms with E-state index in [2.05, 4.69) is 72.7 Å². The van der Waals surface area contributed by atoms with Gasteiger partial charge in [-0.25, -0.2) is 9.97 Å². The number of fused-ring (bicyclic) bond motifs is 1. The maximum atomic E-state index is 4.73. The summed E-state index contributed by atoms with van der Waals surface area (Å²) in [6.07, 6.45) is 7.20. The molecule has 146 valence electrons. The molecule has 0 fully saturated rings. The summed E-state index contributed by atoms with van der Waals surface area (Å²) in [4.78, 5) is 9.11. The second-order valence-corrected chi connectivity index (χ2v) is 6.19. The van der Waals surface area contributed by atoms with Crippen LogP contribution in [0.5, 0.6) is 0 Å². The van der Waals surface area contributed by atoms with Crippen LogP contribution in [0.4, 0.5) is 11.6 Å². The number of allylic oxidation sites excluding steroid dienone is 1. The van der Waals surface area contributed by atoms with E-state index in [4.69, 9.17) is 4.98 Å². The Morgan fingerprint density at radius 1 is 0.929 bits per heavy atom. The summed E-state index contributed by atoms with van der Waals surface area (Å²) >= 11 is 0. The third-order valence-corrected chi connectivity index (χ3v) is 4.39. The van der Waals surface area contributed by atoms with Crippen LogP contribution in [-0.2, 0) is 6.42 Å². The molecule has 3 nitrogen and oxygen atoms in total. The Hall–Kier alpha value is -2.94. The van der Waals surface area contributed by atoms with Crippen molar-refractivity contribution in [2.24, 2.45) is 0 Å². The van der Waals surface area contributed by atoms with Gasteiger partial charge in [0.1, 0.15) is 0 Å². The van der Waals surface area contributed by atoms with Gasteiger partial charge in [-0.3, -0.25) is 0 Å². The molecule has 0 saturated carbocycles. The number of rotatable bonds is 3. The van der Waals surface area contributed by atoms with Gasteiger partial charge in [0.25, 0.3) is 0 Å². The van der Waals surface area contributed by atoms with Crippen LogP contribution >= 0.6 is 0 Å². The number of benzene rings is 2. The van der Waals surface area contributed by atoms with Gasteiger partial charge in [0.05, 0.1) is 5.69 Å². The number of hydrogen-bond acceptors (Lipinski definition) is 3. The average Bonchev–Trinajstić information content (AvgIpc) is 3.23. The summed E-state index contributed by atoms with van der Waals surface area (Å²) in [5.41, 5.74) is 8.17. The van der Waals surface area contributed by atoms with Crippen molar-refractivity contribution in [1.82, 2.24) is 9.97 Å². The predicted octanol–water partition coefficient (Wildman–Crippen LogP) is 7.13. The lowest BCUT2D eigenvalue weighted by Crippen LogP contribution is -2.00. The first kappa shape index (κ1) is 21.4. The van der Waals surface area contributed by atoms with Crippen LogP contribution in [-0.4, -0.2) is 9.97 Å². The smallest absolute Gasteiger partial charge is 0.227 e. The summed E-state index contributed by atoms with van der Waals surface area (Å²) in [5.74, 6) is 0.626. The van der Waals surface area contributed by atoms with Gasteiger partial charge in [-0.15, -0.1) is 0 Å². The van der Waals surface area contributed by atoms with E-state index in [1.807, 2.05) is 40.0 Å². The lowest BCUT2D eigenvalue weighted by atomic mass is 10.0. The highest BCUT2D eigenvalue weighted by molar-refractivity contribution is 5.78. The Kier molecular flexibility index (Phi) is 7.94. The SMILES string of the molecule is CC.CC.Cc1ccc(C)c(Nc2nccc(-c3cccc4c3C=CC4)n2)c1. The van der Waals surface area contributed by atoms with E-state index in [9.17, 15) is 0 Å². The molecule has 3 aromatic rings. The van der Waals surface area contributed by atoms with Gasteiger partial charge >= 0.3 is 0 Å². The molecule has 1 N–H and O–H groups in total. The summed E-state index contributed by atoms with van der Waals surface area (Å²) in [5, 5.41) is 3.35. The van der Waals surface area contributed by atoms with E-state index in [0.29, 0.717) is 5.95 Å². The standard InChI is InChI=1S/C21H19N3.2C2H6/c1-14-9-10-15(2)20(13-14)24-21-22-12-11-19(23-21)18-8-4-6-16-5-3-7-17(16)18;2*1-2/h3-4,6-13H,5H2,1-2H3,(H,22,23,24);2*1-2H3. The third kappa shape index (κ3) is 4.86. The van der Waals surface area contributed by atoms with Crippen molar-refractivity contribution in [3.8, 4) is 11.3 Å². The van der Waals surface area contributed by atoms with Crippen LogP contribution < -0.4 is 5.32 Å². The van der Waals surface area contributed by atoms with Crippen LogP contribution in [0.1, 0.15) is 49.9 Å². The molecular formula is C25H31N3. The van der Waals surface area contributed by atoms with Crippen LogP contribution in [0.15, 0.2) is 54.7 Å². The first-order valence-corrected chi connectivity index (χ1v) is 10.2. The largest absolute Gasteiger partial charge is 0.324 e. The van der Waals surface area contributed by atoms with E-state index in [1.54, 1.807) is 0 Å². The highest BCUT2D eigenvalue weighted by atomic mass is 15.1. The maximum absolute atomic E-state index is 4.73. The van der Waals surface area contributed by atoms with E-state index < -0.39 is 0 Å². The van der Waals surface area contributed by atoms with E-state index in [1.165, 1.54) is 22.3 Å². The molecule has 1 aliphatic rings. The maximum Gasteiger partial charge on any atom is 0.227 e. The van der Waals surface area contributed by atoms with Crippen molar-refractivity contribution in [2.75, 3.05) is 5.32 Å². The quantitative estimate of drug-likeness (QED) is 0.531. The van der Waals surface area contributed by atoms with Gasteiger partial charge in [0.15, 0.2) is 0 Å². The predicted molar refractivity (Wildman–Crippen MR) is 122 cm³/mol. The molecule has 0 radical (unpaired) electrons. The molecule has 1 aliphatic carbocycles. The Morgan fingerprint density at radius 2 is 1.71 bits per heavy atom. The fourth-order valence-corrected chi connectivity index (χ4v) is 3.07. The summed E-state index contributed by atoms with van der Waals surface area (Å²) < 4.78 is 0. The number of hydrogen-bond donors (Lipinski definition) is 1. The van der Waals surface area contributed by atoms with Gasteiger partial charge in [0, 0.05) is 17.4 Å². The van der Waals surface area contributed by atoms with Gasteiger partial charge in [-0.1, -0.05) is 70.2 Å². The van der Waals surface area contributed by atoms with Gasteiger partial charge < -0.3 is 5.32 Å². The van der Waals surface area contributed by atoms with E-state index in [0.717, 1.165) is 23.4 Å². The zero-order valence-electron chi connectivity index (χ0n) is 17.9. The van der Waals surface area contributed by atoms with Crippen molar-refractivity contribution < 1.29 is 0 Å². The first-order chi connectivity index (χ1) is 13.7. The van der Waals surface area contributed by atoms with Crippen LogP contribution in [0.25, 0.3) is 17.3 Å². The number of nitrogens with one attached hydrogen (secondary N) is 1. The fourth-order valence-electron chi connectivity index (χ4n) is 3.07. The minimum Gasteiger partial charge on any atom is -0.324 e. The lowest BCUT2D eigenvalue weighted by Gasteiger charge is -2.11. The third-order valence-electron chi connectivity index (χ3n) is 4.39. The number of anilines is 2. The van der Waals surface area contributed by atoms with Crippen molar-refractivity contribution in [3.63, 3.8) is 0 Å². The molecule has 28 heavy (non-hydrogen) atoms. The molecule has 0 unspecified atom stereocenters. The van der Waals surface area contributed by atoms with Crippen LogP contribution in [0, 0.1) is 13.8 Å². The summed E-state index contributed by atoms with van der Waals surface area (Å²) in [7, 11) is 0. The minimum atomic E-state index is 0.626. The average molecular weight is 374 g/mol. The molecule has 0 saturated heterocycles. The van der Waals surface area contributed by atoms with Crippen molar-refractivity contribution >= 4 is 17.7 Å². The van der Waals surface area contributed by atoms with Crippen molar-refractivity contribution in [3.05, 3.63) is 77.0 Å². The monoisotopic (exact) mass is 373 g/mol. The molecule has 4 rings (SSSR count).